The molecule has 0 aromatic heterocycles. The minimum absolute atomic E-state index is 0.512. The van der Waals surface area contributed by atoms with E-state index in [4.69, 9.17) is 15.2 Å². The van der Waals surface area contributed by atoms with Crippen molar-refractivity contribution in [1.82, 2.24) is 4.90 Å². The van der Waals surface area contributed by atoms with Crippen molar-refractivity contribution in [3.05, 3.63) is 0 Å². The van der Waals surface area contributed by atoms with E-state index in [0.717, 1.165) is 38.8 Å². The highest BCUT2D eigenvalue weighted by Gasteiger charge is 2.30. The van der Waals surface area contributed by atoms with Gasteiger partial charge in [-0.3, -0.25) is 4.90 Å². The largest absolute Gasteiger partial charge is 0.372 e. The fourth-order valence-electron chi connectivity index (χ4n) is 1.66. The summed E-state index contributed by atoms with van der Waals surface area (Å²) in [6.07, 6.45) is 1.02. The summed E-state index contributed by atoms with van der Waals surface area (Å²) < 4.78 is 10.5. The maximum absolute atomic E-state index is 5.24. The highest BCUT2D eigenvalue weighted by molar-refractivity contribution is 4.80. The van der Waals surface area contributed by atoms with Gasteiger partial charge in [0.2, 0.25) is 0 Å². The van der Waals surface area contributed by atoms with E-state index in [0.29, 0.717) is 18.1 Å². The molecule has 2 atom stereocenters. The Morgan fingerprint density at radius 1 is 1.00 bits per heavy atom. The van der Waals surface area contributed by atoms with Crippen molar-refractivity contribution < 1.29 is 9.47 Å². The van der Waals surface area contributed by atoms with Crippen LogP contribution in [0, 0.1) is 11.8 Å². The molecule has 2 fully saturated rings. The molecule has 0 aliphatic carbocycles. The monoisotopic (exact) mass is 258 g/mol. The average molecular weight is 258 g/mol. The summed E-state index contributed by atoms with van der Waals surface area (Å²) >= 11 is 0. The minimum Gasteiger partial charge on any atom is -0.372 e. The van der Waals surface area contributed by atoms with Crippen LogP contribution in [0.4, 0.5) is 0 Å². The molecule has 2 heterocycles. The van der Waals surface area contributed by atoms with Crippen LogP contribution in [0.5, 0.6) is 0 Å². The van der Waals surface area contributed by atoms with Crippen molar-refractivity contribution in [1.29, 1.82) is 0 Å². The number of nitrogens with zero attached hydrogens (tertiary/aromatic N) is 1. The molecule has 0 amide bonds. The Hall–Kier alpha value is -0.160. The summed E-state index contributed by atoms with van der Waals surface area (Å²) in [7, 11) is 0. The van der Waals surface area contributed by atoms with E-state index in [2.05, 4.69) is 32.6 Å². The molecule has 2 aliphatic rings. The van der Waals surface area contributed by atoms with Crippen LogP contribution in [0.3, 0.4) is 0 Å². The van der Waals surface area contributed by atoms with E-state index in [1.165, 1.54) is 6.54 Å². The van der Waals surface area contributed by atoms with Gasteiger partial charge in [-0.15, -0.1) is 0 Å². The number of epoxide rings is 2. The first-order chi connectivity index (χ1) is 8.51. The van der Waals surface area contributed by atoms with Gasteiger partial charge in [0.1, 0.15) is 0 Å². The Morgan fingerprint density at radius 2 is 1.39 bits per heavy atom. The summed E-state index contributed by atoms with van der Waals surface area (Å²) in [6.45, 7) is 14.8. The van der Waals surface area contributed by atoms with E-state index >= 15 is 0 Å². The molecule has 2 unspecified atom stereocenters. The molecule has 2 rings (SSSR count). The van der Waals surface area contributed by atoms with Crippen molar-refractivity contribution in [2.24, 2.45) is 17.6 Å². The number of hydrogen-bond acceptors (Lipinski definition) is 4. The minimum atomic E-state index is 0.512. The zero-order valence-electron chi connectivity index (χ0n) is 12.4. The number of nitrogens with two attached hydrogens (primary N) is 1. The number of ether oxygens (including phenoxy) is 2. The van der Waals surface area contributed by atoms with Gasteiger partial charge in [0.25, 0.3) is 0 Å². The third kappa shape index (κ3) is 8.86. The van der Waals surface area contributed by atoms with Crippen molar-refractivity contribution in [3.63, 3.8) is 0 Å². The molecule has 0 aromatic carbocycles. The van der Waals surface area contributed by atoms with Gasteiger partial charge in [0, 0.05) is 19.6 Å². The molecule has 4 heteroatoms. The normalized spacial score (nSPS) is 25.3. The first-order valence-electron chi connectivity index (χ1n) is 7.16. The van der Waals surface area contributed by atoms with Crippen molar-refractivity contribution in [2.75, 3.05) is 39.4 Å². The van der Waals surface area contributed by atoms with Crippen molar-refractivity contribution in [3.8, 4) is 0 Å². The van der Waals surface area contributed by atoms with Gasteiger partial charge in [0.15, 0.2) is 0 Å². The summed E-state index contributed by atoms with van der Waals surface area (Å²) in [5, 5.41) is 0. The molecule has 2 saturated heterocycles. The molecule has 0 spiro atoms. The van der Waals surface area contributed by atoms with Crippen LogP contribution in [-0.2, 0) is 9.47 Å². The Kier molecular flexibility index (Phi) is 7.15. The molecule has 2 aliphatic heterocycles. The van der Waals surface area contributed by atoms with Gasteiger partial charge < -0.3 is 15.2 Å². The Balaban J connectivity index is 0.000000280. The lowest BCUT2D eigenvalue weighted by atomic mass is 10.2. The molecule has 0 radical (unpaired) electrons. The Labute approximate surface area is 112 Å². The van der Waals surface area contributed by atoms with Gasteiger partial charge >= 0.3 is 0 Å². The van der Waals surface area contributed by atoms with Crippen LogP contribution in [0.15, 0.2) is 0 Å². The molecular formula is C14H30N2O2. The maximum Gasteiger partial charge on any atom is 0.0936 e. The van der Waals surface area contributed by atoms with Gasteiger partial charge in [0.05, 0.1) is 25.4 Å². The van der Waals surface area contributed by atoms with Crippen LogP contribution < -0.4 is 5.73 Å². The molecule has 18 heavy (non-hydrogen) atoms. The van der Waals surface area contributed by atoms with E-state index in [9.17, 15) is 0 Å². The lowest BCUT2D eigenvalue weighted by Gasteiger charge is -2.22. The fourth-order valence-corrected chi connectivity index (χ4v) is 1.66. The van der Waals surface area contributed by atoms with Crippen LogP contribution in [0.1, 0.15) is 27.7 Å². The zero-order chi connectivity index (χ0) is 13.5. The van der Waals surface area contributed by atoms with Crippen molar-refractivity contribution in [2.45, 2.75) is 39.9 Å². The van der Waals surface area contributed by atoms with Gasteiger partial charge in [-0.1, -0.05) is 27.7 Å². The van der Waals surface area contributed by atoms with Gasteiger partial charge in [-0.2, -0.15) is 0 Å². The Morgan fingerprint density at radius 3 is 1.61 bits per heavy atom. The quantitative estimate of drug-likeness (QED) is 0.700. The van der Waals surface area contributed by atoms with Gasteiger partial charge in [-0.25, -0.2) is 0 Å². The second-order valence-electron chi connectivity index (χ2n) is 6.15. The molecule has 2 N–H and O–H groups in total. The fraction of sp³-hybridized carbons (Fsp3) is 1.00. The van der Waals surface area contributed by atoms with E-state index in [1.807, 2.05) is 0 Å². The summed E-state index contributed by atoms with van der Waals surface area (Å²) in [4.78, 5) is 2.47. The molecule has 0 aromatic rings. The smallest absolute Gasteiger partial charge is 0.0936 e. The molecular weight excluding hydrogens is 228 g/mol. The molecule has 0 bridgehead atoms. The predicted molar refractivity (Wildman–Crippen MR) is 74.7 cm³/mol. The third-order valence-electron chi connectivity index (χ3n) is 2.82. The van der Waals surface area contributed by atoms with E-state index in [1.54, 1.807) is 0 Å². The van der Waals surface area contributed by atoms with Gasteiger partial charge in [-0.05, 0) is 18.4 Å². The van der Waals surface area contributed by atoms with Crippen LogP contribution >= 0.6 is 0 Å². The van der Waals surface area contributed by atoms with Crippen LogP contribution in [0.2, 0.25) is 0 Å². The third-order valence-corrected chi connectivity index (χ3v) is 2.82. The predicted octanol–water partition coefficient (Wildman–Crippen LogP) is 1.34. The lowest BCUT2D eigenvalue weighted by Crippen LogP contribution is -2.34. The molecule has 108 valence electrons. The Bertz CT molecular complexity index is 194. The van der Waals surface area contributed by atoms with E-state index in [-0.39, 0.29) is 0 Å². The zero-order valence-corrected chi connectivity index (χ0v) is 12.4. The van der Waals surface area contributed by atoms with E-state index < -0.39 is 0 Å². The summed E-state index contributed by atoms with van der Waals surface area (Å²) in [6, 6.07) is 0. The van der Waals surface area contributed by atoms with Crippen LogP contribution in [-0.4, -0.2) is 56.5 Å². The maximum atomic E-state index is 5.24. The lowest BCUT2D eigenvalue weighted by molar-refractivity contribution is 0.201. The number of rotatable bonds is 7. The second-order valence-corrected chi connectivity index (χ2v) is 6.15. The standard InChI is InChI=1S/C10H19NO2.C4H11N/c1-8(2)3-11(4-9-6-12-9)5-10-7-13-10;1-4(2)3-5/h8-10H,3-7H2,1-2H3;4H,3,5H2,1-2H3. The van der Waals surface area contributed by atoms with Crippen LogP contribution in [0.25, 0.3) is 0 Å². The molecule has 0 saturated carbocycles. The first-order valence-corrected chi connectivity index (χ1v) is 7.16. The molecule has 4 nitrogen and oxygen atoms in total. The number of hydrogen-bond donors (Lipinski definition) is 1. The summed E-state index contributed by atoms with van der Waals surface area (Å²) in [5.74, 6) is 1.40. The highest BCUT2D eigenvalue weighted by Crippen LogP contribution is 2.16. The average Bonchev–Trinajstić information content (AvgIpc) is 3.13. The highest BCUT2D eigenvalue weighted by atomic mass is 16.6. The SMILES string of the molecule is CC(C)CN.CC(C)CN(CC1CO1)CC1CO1. The second kappa shape index (κ2) is 8.10. The summed E-state index contributed by atoms with van der Waals surface area (Å²) in [5.41, 5.74) is 5.17. The first kappa shape index (κ1) is 15.9. The van der Waals surface area contributed by atoms with Crippen molar-refractivity contribution >= 4 is 0 Å². The topological polar surface area (TPSA) is 54.3 Å².